The molecular formula is C7H7N5O. The van der Waals surface area contributed by atoms with Crippen LogP contribution >= 0.6 is 0 Å². The quantitative estimate of drug-likeness (QED) is 0.435. The van der Waals surface area contributed by atoms with Gasteiger partial charge in [-0.2, -0.15) is 0 Å². The second-order valence-electron chi connectivity index (χ2n) is 2.48. The summed E-state index contributed by atoms with van der Waals surface area (Å²) in [6.45, 7) is 0. The monoisotopic (exact) mass is 177 g/mol. The minimum Gasteiger partial charge on any atom is -0.370 e. The Balaban J connectivity index is 2.54. The molecule has 0 unspecified atom stereocenters. The molecule has 4 N–H and O–H groups in total. The van der Waals surface area contributed by atoms with Crippen LogP contribution in [0.5, 0.6) is 0 Å². The van der Waals surface area contributed by atoms with Crippen LogP contribution in [0.4, 0.5) is 5.69 Å². The molecule has 0 amide bonds. The van der Waals surface area contributed by atoms with Crippen molar-refractivity contribution in [1.29, 1.82) is 5.41 Å². The van der Waals surface area contributed by atoms with E-state index in [9.17, 15) is 0 Å². The van der Waals surface area contributed by atoms with Crippen LogP contribution in [0, 0.1) is 5.41 Å². The molecule has 0 aliphatic heterocycles. The Morgan fingerprint density at radius 1 is 1.46 bits per heavy atom. The number of hydrogen-bond donors (Lipinski definition) is 3. The zero-order valence-corrected chi connectivity index (χ0v) is 6.61. The van der Waals surface area contributed by atoms with E-state index in [0.717, 1.165) is 0 Å². The molecule has 6 heteroatoms. The second-order valence-corrected chi connectivity index (χ2v) is 2.48. The molecule has 0 saturated heterocycles. The first kappa shape index (κ1) is 7.53. The number of fused-ring (bicyclic) bond motifs is 1. The topological polar surface area (TPSA) is 101 Å². The molecule has 0 aliphatic rings. The van der Waals surface area contributed by atoms with E-state index in [0.29, 0.717) is 16.7 Å². The van der Waals surface area contributed by atoms with Gasteiger partial charge in [-0.3, -0.25) is 5.41 Å². The maximum Gasteiger partial charge on any atom is 0.190 e. The van der Waals surface area contributed by atoms with Crippen molar-refractivity contribution < 1.29 is 4.63 Å². The Bertz CT molecular complexity index is 449. The maximum absolute atomic E-state index is 7.05. The van der Waals surface area contributed by atoms with Crippen LogP contribution < -0.4 is 11.1 Å². The number of nitrogens with zero attached hydrogens (tertiary/aromatic N) is 2. The van der Waals surface area contributed by atoms with E-state index in [1.807, 2.05) is 0 Å². The molecule has 0 radical (unpaired) electrons. The zero-order chi connectivity index (χ0) is 9.26. The average molecular weight is 177 g/mol. The molecule has 2 aromatic rings. The normalized spacial score (nSPS) is 10.2. The van der Waals surface area contributed by atoms with Gasteiger partial charge in [0.1, 0.15) is 5.52 Å². The minimum atomic E-state index is -0.143. The highest BCUT2D eigenvalue weighted by atomic mass is 16.6. The number of rotatable bonds is 1. The van der Waals surface area contributed by atoms with Gasteiger partial charge < -0.3 is 11.1 Å². The summed E-state index contributed by atoms with van der Waals surface area (Å²) in [6.07, 6.45) is 0. The van der Waals surface area contributed by atoms with E-state index in [1.54, 1.807) is 18.2 Å². The van der Waals surface area contributed by atoms with Gasteiger partial charge in [0.25, 0.3) is 0 Å². The van der Waals surface area contributed by atoms with Gasteiger partial charge in [-0.05, 0) is 22.4 Å². The third kappa shape index (κ3) is 1.28. The Kier molecular flexibility index (Phi) is 1.59. The summed E-state index contributed by atoms with van der Waals surface area (Å²) in [7, 11) is 0. The van der Waals surface area contributed by atoms with Crippen LogP contribution in [0.15, 0.2) is 22.8 Å². The summed E-state index contributed by atoms with van der Waals surface area (Å²) in [6, 6.07) is 5.28. The van der Waals surface area contributed by atoms with Crippen molar-refractivity contribution in [1.82, 2.24) is 10.3 Å². The molecule has 0 atom stereocenters. The largest absolute Gasteiger partial charge is 0.370 e. The third-order valence-corrected chi connectivity index (χ3v) is 1.56. The summed E-state index contributed by atoms with van der Waals surface area (Å²) in [5, 5.41) is 17.0. The van der Waals surface area contributed by atoms with Crippen molar-refractivity contribution in [3.05, 3.63) is 18.2 Å². The van der Waals surface area contributed by atoms with Gasteiger partial charge in [-0.25, -0.2) is 4.63 Å². The molecule has 0 fully saturated rings. The number of nitrogens with one attached hydrogen (secondary N) is 2. The molecule has 0 saturated carbocycles. The van der Waals surface area contributed by atoms with Gasteiger partial charge in [-0.1, -0.05) is 6.07 Å². The highest BCUT2D eigenvalue weighted by molar-refractivity contribution is 5.98. The van der Waals surface area contributed by atoms with Crippen molar-refractivity contribution in [2.45, 2.75) is 0 Å². The van der Waals surface area contributed by atoms with Crippen molar-refractivity contribution in [2.75, 3.05) is 5.32 Å². The molecule has 2 rings (SSSR count). The molecule has 0 spiro atoms. The van der Waals surface area contributed by atoms with Crippen LogP contribution in [0.3, 0.4) is 0 Å². The molecule has 13 heavy (non-hydrogen) atoms. The fourth-order valence-corrected chi connectivity index (χ4v) is 1.05. The first-order valence-electron chi connectivity index (χ1n) is 3.60. The SMILES string of the molecule is N=C(N)Nc1cccc2nonc12. The predicted octanol–water partition coefficient (Wildman–Crippen LogP) is 0.528. The van der Waals surface area contributed by atoms with E-state index < -0.39 is 0 Å². The van der Waals surface area contributed by atoms with Crippen molar-refractivity contribution >= 4 is 22.7 Å². The van der Waals surface area contributed by atoms with Crippen LogP contribution in [-0.4, -0.2) is 16.3 Å². The number of anilines is 1. The number of benzene rings is 1. The van der Waals surface area contributed by atoms with Crippen LogP contribution in [0.25, 0.3) is 11.0 Å². The van der Waals surface area contributed by atoms with Gasteiger partial charge >= 0.3 is 0 Å². The van der Waals surface area contributed by atoms with Gasteiger partial charge in [0.15, 0.2) is 11.5 Å². The van der Waals surface area contributed by atoms with Gasteiger partial charge in [-0.15, -0.1) is 0 Å². The second kappa shape index (κ2) is 2.74. The van der Waals surface area contributed by atoms with E-state index >= 15 is 0 Å². The zero-order valence-electron chi connectivity index (χ0n) is 6.61. The molecule has 66 valence electrons. The maximum atomic E-state index is 7.05. The Morgan fingerprint density at radius 2 is 2.31 bits per heavy atom. The molecule has 0 aliphatic carbocycles. The first-order valence-corrected chi connectivity index (χ1v) is 3.60. The number of nitrogens with two attached hydrogens (primary N) is 1. The Hall–Kier alpha value is -2.11. The third-order valence-electron chi connectivity index (χ3n) is 1.56. The van der Waals surface area contributed by atoms with Crippen molar-refractivity contribution in [3.8, 4) is 0 Å². The summed E-state index contributed by atoms with van der Waals surface area (Å²) in [4.78, 5) is 0. The van der Waals surface area contributed by atoms with E-state index in [1.165, 1.54) is 0 Å². The van der Waals surface area contributed by atoms with Gasteiger partial charge in [0, 0.05) is 0 Å². The number of hydrogen-bond acceptors (Lipinski definition) is 4. The van der Waals surface area contributed by atoms with Crippen LogP contribution in [0.1, 0.15) is 0 Å². The van der Waals surface area contributed by atoms with Crippen molar-refractivity contribution in [2.24, 2.45) is 5.73 Å². The number of guanidine groups is 1. The van der Waals surface area contributed by atoms with Gasteiger partial charge in [0.05, 0.1) is 5.69 Å². The van der Waals surface area contributed by atoms with Crippen molar-refractivity contribution in [3.63, 3.8) is 0 Å². The lowest BCUT2D eigenvalue weighted by Crippen LogP contribution is -2.20. The van der Waals surface area contributed by atoms with Crippen LogP contribution in [0.2, 0.25) is 0 Å². The predicted molar refractivity (Wildman–Crippen MR) is 47.3 cm³/mol. The summed E-state index contributed by atoms with van der Waals surface area (Å²) < 4.78 is 4.54. The minimum absolute atomic E-state index is 0.143. The highest BCUT2D eigenvalue weighted by Crippen LogP contribution is 2.18. The molecule has 6 nitrogen and oxygen atoms in total. The summed E-state index contributed by atoms with van der Waals surface area (Å²) in [5.41, 5.74) is 6.99. The smallest absolute Gasteiger partial charge is 0.190 e. The van der Waals surface area contributed by atoms with E-state index in [4.69, 9.17) is 11.1 Å². The fraction of sp³-hybridized carbons (Fsp3) is 0. The average Bonchev–Trinajstić information content (AvgIpc) is 2.51. The summed E-state index contributed by atoms with van der Waals surface area (Å²) in [5.74, 6) is -0.143. The molecule has 0 bridgehead atoms. The van der Waals surface area contributed by atoms with E-state index in [2.05, 4.69) is 20.3 Å². The van der Waals surface area contributed by atoms with E-state index in [-0.39, 0.29) is 5.96 Å². The lowest BCUT2D eigenvalue weighted by atomic mass is 10.2. The molecule has 1 heterocycles. The summed E-state index contributed by atoms with van der Waals surface area (Å²) >= 11 is 0. The van der Waals surface area contributed by atoms with Crippen LogP contribution in [-0.2, 0) is 0 Å². The van der Waals surface area contributed by atoms with Gasteiger partial charge in [0.2, 0.25) is 0 Å². The fourth-order valence-electron chi connectivity index (χ4n) is 1.05. The standard InChI is InChI=1S/C7H7N5O/c8-7(9)10-4-2-1-3-5-6(4)12-13-11-5/h1-3H,(H4,8,9,10). The molecular weight excluding hydrogens is 170 g/mol. The Morgan fingerprint density at radius 3 is 3.08 bits per heavy atom. The Labute approximate surface area is 73.2 Å². The molecule has 1 aromatic heterocycles. The number of aromatic nitrogens is 2. The lowest BCUT2D eigenvalue weighted by Gasteiger charge is -2.01. The lowest BCUT2D eigenvalue weighted by molar-refractivity contribution is 0.315. The highest BCUT2D eigenvalue weighted by Gasteiger charge is 2.05. The molecule has 1 aromatic carbocycles. The first-order chi connectivity index (χ1) is 6.27.